The Balaban J connectivity index is 2.85. The lowest BCUT2D eigenvalue weighted by Gasteiger charge is -2.40. The zero-order valence-electron chi connectivity index (χ0n) is 12.3. The SMILES string of the molecule is COC1=CC(=O)C(=O)[C@@]2(C)C(O)=C(O)C=C(C)[C@H](C(=O)O)[C@@H]12. The van der Waals surface area contributed by atoms with Crippen molar-refractivity contribution in [3.8, 4) is 0 Å². The fourth-order valence-corrected chi connectivity index (χ4v) is 3.14. The summed E-state index contributed by atoms with van der Waals surface area (Å²) in [6, 6.07) is 0. The lowest BCUT2D eigenvalue weighted by molar-refractivity contribution is -0.149. The van der Waals surface area contributed by atoms with Crippen LogP contribution in [0, 0.1) is 17.3 Å². The van der Waals surface area contributed by atoms with Gasteiger partial charge in [0.25, 0.3) is 0 Å². The van der Waals surface area contributed by atoms with Crippen LogP contribution in [0.4, 0.5) is 0 Å². The normalized spacial score (nSPS) is 32.0. The first-order chi connectivity index (χ1) is 10.2. The van der Waals surface area contributed by atoms with Crippen LogP contribution in [-0.4, -0.2) is 40.0 Å². The Kier molecular flexibility index (Phi) is 3.60. The maximum atomic E-state index is 12.4. The highest BCUT2D eigenvalue weighted by Gasteiger charge is 2.58. The molecule has 0 aromatic carbocycles. The molecule has 7 heteroatoms. The molecule has 0 aromatic rings. The number of aliphatic carboxylic acids is 1. The molecule has 22 heavy (non-hydrogen) atoms. The number of allylic oxidation sites excluding steroid dienone is 4. The van der Waals surface area contributed by atoms with Gasteiger partial charge in [0.05, 0.1) is 18.9 Å². The van der Waals surface area contributed by atoms with Gasteiger partial charge >= 0.3 is 5.97 Å². The topological polar surface area (TPSA) is 121 Å². The molecule has 7 nitrogen and oxygen atoms in total. The van der Waals surface area contributed by atoms with Gasteiger partial charge in [-0.2, -0.15) is 0 Å². The highest BCUT2D eigenvalue weighted by Crippen LogP contribution is 2.51. The van der Waals surface area contributed by atoms with Crippen LogP contribution in [0.25, 0.3) is 0 Å². The Bertz CT molecular complexity index is 667. The predicted molar refractivity (Wildman–Crippen MR) is 73.9 cm³/mol. The number of ketones is 2. The number of carbonyl (C=O) groups is 3. The van der Waals surface area contributed by atoms with Crippen LogP contribution in [0.1, 0.15) is 13.8 Å². The van der Waals surface area contributed by atoms with Gasteiger partial charge in [0, 0.05) is 6.08 Å². The lowest BCUT2D eigenvalue weighted by Crippen LogP contribution is -2.50. The second kappa shape index (κ2) is 5.01. The molecule has 0 unspecified atom stereocenters. The van der Waals surface area contributed by atoms with Crippen molar-refractivity contribution >= 4 is 17.5 Å². The molecule has 0 radical (unpaired) electrons. The third kappa shape index (κ3) is 1.93. The Labute approximate surface area is 126 Å². The van der Waals surface area contributed by atoms with Crippen LogP contribution in [0.5, 0.6) is 0 Å². The average molecular weight is 308 g/mol. The van der Waals surface area contributed by atoms with Gasteiger partial charge in [-0.1, -0.05) is 5.57 Å². The Morgan fingerprint density at radius 1 is 1.27 bits per heavy atom. The number of hydrogen-bond acceptors (Lipinski definition) is 6. The van der Waals surface area contributed by atoms with E-state index in [9.17, 15) is 29.7 Å². The fourth-order valence-electron chi connectivity index (χ4n) is 3.14. The minimum Gasteiger partial charge on any atom is -0.507 e. The van der Waals surface area contributed by atoms with Gasteiger partial charge in [-0.3, -0.25) is 14.4 Å². The number of fused-ring (bicyclic) bond motifs is 1. The summed E-state index contributed by atoms with van der Waals surface area (Å²) in [5.74, 6) is -6.92. The van der Waals surface area contributed by atoms with Crippen LogP contribution in [0.15, 0.2) is 35.0 Å². The number of Topliss-reactive ketones (excluding diaryl/α,β-unsaturated/α-hetero) is 1. The van der Waals surface area contributed by atoms with E-state index in [1.54, 1.807) is 0 Å². The molecule has 0 saturated carbocycles. The van der Waals surface area contributed by atoms with Crippen molar-refractivity contribution in [1.29, 1.82) is 0 Å². The van der Waals surface area contributed by atoms with Crippen molar-refractivity contribution in [2.45, 2.75) is 13.8 Å². The van der Waals surface area contributed by atoms with E-state index in [0.717, 1.165) is 12.2 Å². The Hall–Kier alpha value is -2.57. The minimum absolute atomic E-state index is 0.0199. The summed E-state index contributed by atoms with van der Waals surface area (Å²) in [7, 11) is 1.25. The van der Waals surface area contributed by atoms with E-state index in [2.05, 4.69) is 0 Å². The number of hydrogen-bond donors (Lipinski definition) is 3. The molecule has 2 aliphatic carbocycles. The molecule has 0 amide bonds. The van der Waals surface area contributed by atoms with Crippen molar-refractivity contribution in [3.05, 3.63) is 35.0 Å². The highest BCUT2D eigenvalue weighted by molar-refractivity contribution is 6.44. The van der Waals surface area contributed by atoms with Gasteiger partial charge in [0.15, 0.2) is 5.76 Å². The molecule has 118 valence electrons. The van der Waals surface area contributed by atoms with Gasteiger partial charge < -0.3 is 20.1 Å². The fraction of sp³-hybridized carbons (Fsp3) is 0.400. The maximum Gasteiger partial charge on any atom is 0.311 e. The summed E-state index contributed by atoms with van der Waals surface area (Å²) in [4.78, 5) is 35.9. The predicted octanol–water partition coefficient (Wildman–Crippen LogP) is 1.28. The number of rotatable bonds is 2. The van der Waals surface area contributed by atoms with Gasteiger partial charge in [-0.25, -0.2) is 0 Å². The summed E-state index contributed by atoms with van der Waals surface area (Å²) < 4.78 is 5.09. The van der Waals surface area contributed by atoms with Gasteiger partial charge in [-0.15, -0.1) is 0 Å². The number of methoxy groups -OCH3 is 1. The van der Waals surface area contributed by atoms with Crippen molar-refractivity contribution in [1.82, 2.24) is 0 Å². The summed E-state index contributed by atoms with van der Waals surface area (Å²) in [6.45, 7) is 2.69. The van der Waals surface area contributed by atoms with Crippen molar-refractivity contribution in [2.24, 2.45) is 17.3 Å². The van der Waals surface area contributed by atoms with E-state index in [0.29, 0.717) is 0 Å². The van der Waals surface area contributed by atoms with Crippen LogP contribution >= 0.6 is 0 Å². The third-order valence-electron chi connectivity index (χ3n) is 4.32. The molecule has 0 aliphatic heterocycles. The van der Waals surface area contributed by atoms with Gasteiger partial charge in [0.2, 0.25) is 11.6 Å². The molecule has 2 rings (SSSR count). The van der Waals surface area contributed by atoms with Crippen molar-refractivity contribution < 1.29 is 34.4 Å². The van der Waals surface area contributed by atoms with E-state index >= 15 is 0 Å². The Morgan fingerprint density at radius 2 is 1.86 bits per heavy atom. The van der Waals surface area contributed by atoms with Gasteiger partial charge in [0.1, 0.15) is 16.9 Å². The zero-order chi connectivity index (χ0) is 16.8. The smallest absolute Gasteiger partial charge is 0.311 e. The van der Waals surface area contributed by atoms with Crippen LogP contribution in [-0.2, 0) is 19.1 Å². The van der Waals surface area contributed by atoms with E-state index in [4.69, 9.17) is 4.74 Å². The molecule has 0 heterocycles. The highest BCUT2D eigenvalue weighted by atomic mass is 16.5. The zero-order valence-corrected chi connectivity index (χ0v) is 12.3. The number of aliphatic hydroxyl groups excluding tert-OH is 2. The molecule has 0 fully saturated rings. The van der Waals surface area contributed by atoms with Crippen molar-refractivity contribution in [3.63, 3.8) is 0 Å². The largest absolute Gasteiger partial charge is 0.507 e. The van der Waals surface area contributed by atoms with Crippen LogP contribution in [0.2, 0.25) is 0 Å². The van der Waals surface area contributed by atoms with Crippen LogP contribution < -0.4 is 0 Å². The van der Waals surface area contributed by atoms with Crippen molar-refractivity contribution in [2.75, 3.05) is 7.11 Å². The molecule has 0 bridgehead atoms. The second-order valence-electron chi connectivity index (χ2n) is 5.56. The number of carbonyl (C=O) groups excluding carboxylic acids is 2. The molecule has 0 aromatic heterocycles. The second-order valence-corrected chi connectivity index (χ2v) is 5.56. The molecule has 3 N–H and O–H groups in total. The number of carboxylic acids is 1. The summed E-state index contributed by atoms with van der Waals surface area (Å²) >= 11 is 0. The number of aliphatic hydroxyl groups is 2. The third-order valence-corrected chi connectivity index (χ3v) is 4.32. The monoisotopic (exact) mass is 308 g/mol. The lowest BCUT2D eigenvalue weighted by atomic mass is 9.62. The van der Waals surface area contributed by atoms with Crippen LogP contribution in [0.3, 0.4) is 0 Å². The molecule has 0 spiro atoms. The minimum atomic E-state index is -1.90. The summed E-state index contributed by atoms with van der Waals surface area (Å²) in [5.41, 5.74) is -1.67. The summed E-state index contributed by atoms with van der Waals surface area (Å²) in [5, 5.41) is 29.7. The first-order valence-electron chi connectivity index (χ1n) is 6.54. The molecule has 0 saturated heterocycles. The first kappa shape index (κ1) is 15.8. The Morgan fingerprint density at radius 3 is 2.36 bits per heavy atom. The quantitative estimate of drug-likeness (QED) is 0.657. The standard InChI is InChI=1S/C15H16O7/c1-6-4-7(16)12(18)15(2)11(10(6)14(20)21)9(22-3)5-8(17)13(15)19/h4-5,10-11,16,18H,1-3H3,(H,20,21)/t10-,11+,15+/m0/s1. The first-order valence-corrected chi connectivity index (χ1v) is 6.54. The number of ether oxygens (including phenoxy) is 1. The average Bonchev–Trinajstić information content (AvgIpc) is 2.52. The van der Waals surface area contributed by atoms with E-state index < -0.39 is 46.3 Å². The van der Waals surface area contributed by atoms with E-state index in [1.165, 1.54) is 21.0 Å². The molecule has 3 atom stereocenters. The molecular formula is C15H16O7. The van der Waals surface area contributed by atoms with E-state index in [-0.39, 0.29) is 11.3 Å². The van der Waals surface area contributed by atoms with Gasteiger partial charge in [-0.05, 0) is 19.9 Å². The number of carboxylic acid groups (broad SMARTS) is 1. The van der Waals surface area contributed by atoms with E-state index in [1.807, 2.05) is 0 Å². The summed E-state index contributed by atoms with van der Waals surface area (Å²) in [6.07, 6.45) is 2.02. The molecular weight excluding hydrogens is 292 g/mol. The maximum absolute atomic E-state index is 12.4. The molecule has 2 aliphatic rings.